The summed E-state index contributed by atoms with van der Waals surface area (Å²) in [5.41, 5.74) is 0.922. The van der Waals surface area contributed by atoms with E-state index in [2.05, 4.69) is 24.1 Å². The summed E-state index contributed by atoms with van der Waals surface area (Å²) in [4.78, 5) is 17.4. The van der Waals surface area contributed by atoms with Crippen molar-refractivity contribution in [2.45, 2.75) is 51.6 Å². The van der Waals surface area contributed by atoms with Crippen LogP contribution in [0.15, 0.2) is 24.3 Å². The van der Waals surface area contributed by atoms with E-state index in [1.54, 1.807) is 12.1 Å². The summed E-state index contributed by atoms with van der Waals surface area (Å²) in [6.45, 7) is 8.11. The Hall–Kier alpha value is -1.62. The maximum absolute atomic E-state index is 13.0. The van der Waals surface area contributed by atoms with Crippen molar-refractivity contribution in [1.29, 1.82) is 0 Å². The van der Waals surface area contributed by atoms with Crippen molar-refractivity contribution in [2.75, 3.05) is 31.5 Å². The molecule has 3 rings (SSSR count). The molecule has 0 bridgehead atoms. The molecule has 0 aromatic heterocycles. The van der Waals surface area contributed by atoms with Crippen LogP contribution in [-0.2, 0) is 4.79 Å². The van der Waals surface area contributed by atoms with Gasteiger partial charge in [0.15, 0.2) is 0 Å². The monoisotopic (exact) mass is 347 g/mol. The molecule has 0 spiro atoms. The Morgan fingerprint density at radius 2 is 1.80 bits per heavy atom. The molecule has 1 N–H and O–H groups in total. The number of anilines is 1. The smallest absolute Gasteiger partial charge is 0.225 e. The lowest BCUT2D eigenvalue weighted by Gasteiger charge is -2.39. The highest BCUT2D eigenvalue weighted by Gasteiger charge is 2.31. The topological polar surface area (TPSA) is 35.6 Å². The fraction of sp³-hybridized carbons (Fsp3) is 0.650. The Bertz CT molecular complexity index is 567. The number of rotatable bonds is 4. The number of piperidine rings is 2. The molecule has 2 heterocycles. The van der Waals surface area contributed by atoms with Crippen molar-refractivity contribution in [2.24, 2.45) is 5.92 Å². The van der Waals surface area contributed by atoms with E-state index in [9.17, 15) is 9.18 Å². The van der Waals surface area contributed by atoms with Crippen LogP contribution in [0, 0.1) is 11.7 Å². The van der Waals surface area contributed by atoms with E-state index in [0.29, 0.717) is 11.9 Å². The molecule has 4 nitrogen and oxygen atoms in total. The van der Waals surface area contributed by atoms with E-state index < -0.39 is 0 Å². The van der Waals surface area contributed by atoms with Crippen molar-refractivity contribution in [1.82, 2.24) is 9.80 Å². The van der Waals surface area contributed by atoms with Crippen LogP contribution in [0.5, 0.6) is 0 Å². The van der Waals surface area contributed by atoms with Crippen LogP contribution in [0.3, 0.4) is 0 Å². The van der Waals surface area contributed by atoms with Crippen LogP contribution in [-0.4, -0.2) is 54.0 Å². The second-order valence-corrected chi connectivity index (χ2v) is 7.68. The van der Waals surface area contributed by atoms with Crippen molar-refractivity contribution in [3.05, 3.63) is 30.1 Å². The van der Waals surface area contributed by atoms with Crippen molar-refractivity contribution >= 4 is 11.6 Å². The molecule has 0 saturated carbocycles. The lowest BCUT2D eigenvalue weighted by Crippen LogP contribution is -2.49. The quantitative estimate of drug-likeness (QED) is 0.907. The molecule has 1 atom stereocenters. The summed E-state index contributed by atoms with van der Waals surface area (Å²) in [7, 11) is 0. The second-order valence-electron chi connectivity index (χ2n) is 7.68. The van der Waals surface area contributed by atoms with E-state index in [1.165, 1.54) is 12.1 Å². The number of hydrogen-bond donors (Lipinski definition) is 1. The molecular formula is C20H30FN3O. The average Bonchev–Trinajstić information content (AvgIpc) is 2.63. The fourth-order valence-corrected chi connectivity index (χ4v) is 4.00. The van der Waals surface area contributed by atoms with Gasteiger partial charge < -0.3 is 15.1 Å². The van der Waals surface area contributed by atoms with Crippen molar-refractivity contribution in [3.8, 4) is 0 Å². The van der Waals surface area contributed by atoms with Gasteiger partial charge in [0.1, 0.15) is 5.82 Å². The predicted molar refractivity (Wildman–Crippen MR) is 99.1 cm³/mol. The summed E-state index contributed by atoms with van der Waals surface area (Å²) in [5.74, 6) is 0.285. The number of carbonyl (C=O) groups excluding carboxylic acids is 1. The first-order valence-corrected chi connectivity index (χ1v) is 9.58. The van der Waals surface area contributed by atoms with Gasteiger partial charge in [0.2, 0.25) is 5.91 Å². The minimum atomic E-state index is -0.223. The lowest BCUT2D eigenvalue weighted by molar-refractivity contribution is -0.138. The number of carbonyl (C=O) groups is 1. The van der Waals surface area contributed by atoms with Crippen LogP contribution in [0.25, 0.3) is 0 Å². The first-order chi connectivity index (χ1) is 12.0. The highest BCUT2D eigenvalue weighted by Crippen LogP contribution is 2.24. The number of benzene rings is 1. The molecule has 25 heavy (non-hydrogen) atoms. The SMILES string of the molecule is CC(C)N1CCC(C(=O)N2CCC[C@@H](Nc3ccc(F)cc3)C2)CC1. The molecule has 138 valence electrons. The van der Waals surface area contributed by atoms with Gasteiger partial charge in [-0.05, 0) is 76.9 Å². The molecule has 2 aliphatic rings. The largest absolute Gasteiger partial charge is 0.381 e. The van der Waals surface area contributed by atoms with E-state index in [1.807, 2.05) is 4.90 Å². The third kappa shape index (κ3) is 4.72. The van der Waals surface area contributed by atoms with Crippen LogP contribution < -0.4 is 5.32 Å². The number of amides is 1. The van der Waals surface area contributed by atoms with Gasteiger partial charge in [-0.1, -0.05) is 0 Å². The van der Waals surface area contributed by atoms with Crippen LogP contribution >= 0.6 is 0 Å². The van der Waals surface area contributed by atoms with Gasteiger partial charge in [-0.3, -0.25) is 4.79 Å². The Morgan fingerprint density at radius 1 is 1.12 bits per heavy atom. The molecule has 2 saturated heterocycles. The van der Waals surface area contributed by atoms with Gasteiger partial charge in [0.25, 0.3) is 0 Å². The predicted octanol–water partition coefficient (Wildman–Crippen LogP) is 3.35. The molecular weight excluding hydrogens is 317 g/mol. The third-order valence-electron chi connectivity index (χ3n) is 5.56. The van der Waals surface area contributed by atoms with Gasteiger partial charge in [0.05, 0.1) is 0 Å². The maximum Gasteiger partial charge on any atom is 0.225 e. The highest BCUT2D eigenvalue weighted by molar-refractivity contribution is 5.79. The number of hydrogen-bond acceptors (Lipinski definition) is 3. The summed E-state index contributed by atoms with van der Waals surface area (Å²) in [6, 6.07) is 7.28. The highest BCUT2D eigenvalue weighted by atomic mass is 19.1. The minimum absolute atomic E-state index is 0.180. The van der Waals surface area contributed by atoms with Crippen LogP contribution in [0.4, 0.5) is 10.1 Å². The van der Waals surface area contributed by atoms with E-state index in [-0.39, 0.29) is 17.8 Å². The van der Waals surface area contributed by atoms with Gasteiger partial charge in [-0.15, -0.1) is 0 Å². The van der Waals surface area contributed by atoms with E-state index in [4.69, 9.17) is 0 Å². The standard InChI is InChI=1S/C20H30FN3O/c1-15(2)23-12-9-16(10-13-23)20(25)24-11-3-4-19(14-24)22-18-7-5-17(21)6-8-18/h5-8,15-16,19,22H,3-4,9-14H2,1-2H3/t19-/m1/s1. The molecule has 0 unspecified atom stereocenters. The molecule has 2 aliphatic heterocycles. The van der Waals surface area contributed by atoms with Gasteiger partial charge in [-0.2, -0.15) is 0 Å². The van der Waals surface area contributed by atoms with E-state index in [0.717, 1.165) is 57.5 Å². The average molecular weight is 347 g/mol. The summed E-state index contributed by atoms with van der Waals surface area (Å²) in [6.07, 6.45) is 4.02. The molecule has 1 aromatic carbocycles. The number of nitrogens with one attached hydrogen (secondary N) is 1. The number of nitrogens with zero attached hydrogens (tertiary/aromatic N) is 2. The molecule has 0 radical (unpaired) electrons. The first-order valence-electron chi connectivity index (χ1n) is 9.58. The molecule has 1 amide bonds. The van der Waals surface area contributed by atoms with Gasteiger partial charge in [-0.25, -0.2) is 4.39 Å². The molecule has 5 heteroatoms. The van der Waals surface area contributed by atoms with Crippen molar-refractivity contribution in [3.63, 3.8) is 0 Å². The zero-order valence-corrected chi connectivity index (χ0v) is 15.4. The second kappa shape index (κ2) is 8.17. The fourth-order valence-electron chi connectivity index (χ4n) is 4.00. The Morgan fingerprint density at radius 3 is 2.44 bits per heavy atom. The Kier molecular flexibility index (Phi) is 5.94. The zero-order valence-electron chi connectivity index (χ0n) is 15.4. The van der Waals surface area contributed by atoms with Gasteiger partial charge in [0, 0.05) is 36.8 Å². The van der Waals surface area contributed by atoms with Crippen molar-refractivity contribution < 1.29 is 9.18 Å². The maximum atomic E-state index is 13.0. The minimum Gasteiger partial charge on any atom is -0.381 e. The molecule has 2 fully saturated rings. The Balaban J connectivity index is 1.52. The first kappa shape index (κ1) is 18.2. The summed E-state index contributed by atoms with van der Waals surface area (Å²) in [5, 5.41) is 3.45. The summed E-state index contributed by atoms with van der Waals surface area (Å²) < 4.78 is 13.0. The lowest BCUT2D eigenvalue weighted by atomic mass is 9.93. The summed E-state index contributed by atoms with van der Waals surface area (Å²) >= 11 is 0. The Labute approximate surface area is 150 Å². The zero-order chi connectivity index (χ0) is 17.8. The van der Waals surface area contributed by atoms with Crippen LogP contribution in [0.2, 0.25) is 0 Å². The molecule has 0 aliphatic carbocycles. The molecule has 1 aromatic rings. The van der Waals surface area contributed by atoms with Crippen LogP contribution in [0.1, 0.15) is 39.5 Å². The number of likely N-dealkylation sites (tertiary alicyclic amines) is 2. The number of halogens is 1. The third-order valence-corrected chi connectivity index (χ3v) is 5.56. The normalized spacial score (nSPS) is 23.0. The van der Waals surface area contributed by atoms with E-state index >= 15 is 0 Å². The van der Waals surface area contributed by atoms with Gasteiger partial charge >= 0.3 is 0 Å².